The van der Waals surface area contributed by atoms with E-state index < -0.39 is 5.82 Å². The molecule has 0 fully saturated rings. The van der Waals surface area contributed by atoms with E-state index in [0.717, 1.165) is 24.8 Å². The maximum absolute atomic E-state index is 13.2. The highest BCUT2D eigenvalue weighted by atomic mass is 35.5. The van der Waals surface area contributed by atoms with E-state index in [9.17, 15) is 9.18 Å². The minimum Gasteiger partial charge on any atom is -0.293 e. The maximum atomic E-state index is 13.2. The molecule has 1 unspecified atom stereocenters. The number of rotatable bonds is 2. The minimum absolute atomic E-state index is 0.0000513. The van der Waals surface area contributed by atoms with Crippen molar-refractivity contribution in [1.29, 1.82) is 0 Å². The van der Waals surface area contributed by atoms with Gasteiger partial charge in [-0.05, 0) is 48.6 Å². The zero-order valence-corrected chi connectivity index (χ0v) is 11.7. The van der Waals surface area contributed by atoms with Crippen molar-refractivity contribution in [3.05, 3.63) is 70.0 Å². The van der Waals surface area contributed by atoms with Crippen molar-refractivity contribution in [2.24, 2.45) is 0 Å². The quantitative estimate of drug-likeness (QED) is 0.727. The zero-order valence-electron chi connectivity index (χ0n) is 10.9. The number of benzene rings is 2. The fourth-order valence-corrected chi connectivity index (χ4v) is 3.06. The van der Waals surface area contributed by atoms with E-state index >= 15 is 0 Å². The Morgan fingerprint density at radius 3 is 2.80 bits per heavy atom. The van der Waals surface area contributed by atoms with E-state index in [1.54, 1.807) is 0 Å². The Morgan fingerprint density at radius 1 is 1.20 bits per heavy atom. The Kier molecular flexibility index (Phi) is 3.58. The van der Waals surface area contributed by atoms with Crippen LogP contribution in [-0.4, -0.2) is 5.78 Å². The average Bonchev–Trinajstić information content (AvgIpc) is 2.49. The van der Waals surface area contributed by atoms with Gasteiger partial charge in [0.2, 0.25) is 0 Å². The number of halogens is 2. The fourth-order valence-electron chi connectivity index (χ4n) is 2.88. The predicted molar refractivity (Wildman–Crippen MR) is 77.9 cm³/mol. The molecule has 3 rings (SSSR count). The molecule has 0 aliphatic heterocycles. The molecule has 3 heteroatoms. The summed E-state index contributed by atoms with van der Waals surface area (Å²) >= 11 is 5.77. The summed E-state index contributed by atoms with van der Waals surface area (Å²) in [5.41, 5.74) is 2.83. The van der Waals surface area contributed by atoms with Gasteiger partial charge in [0.15, 0.2) is 5.78 Å². The molecule has 2 aromatic rings. The van der Waals surface area contributed by atoms with Gasteiger partial charge in [-0.15, -0.1) is 0 Å². The van der Waals surface area contributed by atoms with Crippen LogP contribution in [0.4, 0.5) is 4.39 Å². The predicted octanol–water partition coefficient (Wildman–Crippen LogP) is 4.78. The molecule has 1 atom stereocenters. The van der Waals surface area contributed by atoms with Crippen molar-refractivity contribution < 1.29 is 9.18 Å². The van der Waals surface area contributed by atoms with Crippen LogP contribution in [0.3, 0.4) is 0 Å². The summed E-state index contributed by atoms with van der Waals surface area (Å²) in [5.74, 6) is -0.604. The molecule has 102 valence electrons. The molecule has 1 aliphatic rings. The van der Waals surface area contributed by atoms with E-state index in [2.05, 4.69) is 6.07 Å². The third-order valence-corrected chi connectivity index (χ3v) is 4.18. The molecule has 0 amide bonds. The number of Topliss-reactive ketones (excluding diaryl/α,β-unsaturated/α-hetero) is 1. The van der Waals surface area contributed by atoms with Crippen molar-refractivity contribution in [1.82, 2.24) is 0 Å². The summed E-state index contributed by atoms with van der Waals surface area (Å²) in [6.45, 7) is 0. The second-order valence-corrected chi connectivity index (χ2v) is 5.54. The highest BCUT2D eigenvalue weighted by Gasteiger charge is 2.27. The van der Waals surface area contributed by atoms with Crippen LogP contribution in [0.5, 0.6) is 0 Å². The maximum Gasteiger partial charge on any atom is 0.170 e. The zero-order chi connectivity index (χ0) is 14.1. The summed E-state index contributed by atoms with van der Waals surface area (Å²) < 4.78 is 13.2. The van der Waals surface area contributed by atoms with E-state index in [4.69, 9.17) is 11.6 Å². The second-order valence-electron chi connectivity index (χ2n) is 5.14. The van der Waals surface area contributed by atoms with Crippen LogP contribution in [0.1, 0.15) is 40.2 Å². The molecule has 1 nitrogen and oxygen atoms in total. The van der Waals surface area contributed by atoms with Crippen molar-refractivity contribution in [2.45, 2.75) is 25.2 Å². The van der Waals surface area contributed by atoms with Gasteiger partial charge in [-0.3, -0.25) is 4.79 Å². The number of carbonyl (C=O) groups is 1. The molecule has 0 saturated carbocycles. The first-order valence-corrected chi connectivity index (χ1v) is 7.11. The molecule has 0 spiro atoms. The normalized spacial score (nSPS) is 17.6. The van der Waals surface area contributed by atoms with Gasteiger partial charge in [-0.2, -0.15) is 0 Å². The molecule has 0 saturated heterocycles. The van der Waals surface area contributed by atoms with Crippen LogP contribution < -0.4 is 0 Å². The number of aryl methyl sites for hydroxylation is 1. The SMILES string of the molecule is O=C(c1ccc(F)c(Cl)c1)C1CCCc2ccccc21. The molecule has 0 N–H and O–H groups in total. The molecular formula is C17H14ClFO. The Labute approximate surface area is 122 Å². The Hall–Kier alpha value is -1.67. The number of carbonyl (C=O) groups excluding carboxylic acids is 1. The first-order chi connectivity index (χ1) is 9.66. The van der Waals surface area contributed by atoms with Crippen LogP contribution >= 0.6 is 11.6 Å². The van der Waals surface area contributed by atoms with Crippen molar-refractivity contribution in [3.63, 3.8) is 0 Å². The van der Waals surface area contributed by atoms with E-state index in [1.165, 1.54) is 23.8 Å². The number of ketones is 1. The fraction of sp³-hybridized carbons (Fsp3) is 0.235. The summed E-state index contributed by atoms with van der Waals surface area (Å²) in [6, 6.07) is 12.2. The Balaban J connectivity index is 1.97. The Bertz CT molecular complexity index is 666. The van der Waals surface area contributed by atoms with Gasteiger partial charge < -0.3 is 0 Å². The first kappa shape index (κ1) is 13.3. The van der Waals surface area contributed by atoms with Gasteiger partial charge in [0.05, 0.1) is 5.02 Å². The van der Waals surface area contributed by atoms with Gasteiger partial charge in [-0.25, -0.2) is 4.39 Å². The lowest BCUT2D eigenvalue weighted by atomic mass is 9.79. The lowest BCUT2D eigenvalue weighted by molar-refractivity contribution is 0.0951. The average molecular weight is 289 g/mol. The number of fused-ring (bicyclic) bond motifs is 1. The standard InChI is InChI=1S/C17H14ClFO/c18-15-10-12(8-9-16(15)19)17(20)14-7-3-5-11-4-1-2-6-13(11)14/h1-2,4,6,8-10,14H,3,5,7H2. The van der Waals surface area contributed by atoms with Gasteiger partial charge >= 0.3 is 0 Å². The van der Waals surface area contributed by atoms with Gasteiger partial charge in [0.1, 0.15) is 5.82 Å². The third-order valence-electron chi connectivity index (χ3n) is 3.89. The second kappa shape index (κ2) is 5.37. The summed E-state index contributed by atoms with van der Waals surface area (Å²) in [5, 5.41) is -0.0000513. The van der Waals surface area contributed by atoms with Gasteiger partial charge in [0.25, 0.3) is 0 Å². The molecular weight excluding hydrogens is 275 g/mol. The summed E-state index contributed by atoms with van der Waals surface area (Å²) in [7, 11) is 0. The van der Waals surface area contributed by atoms with E-state index in [1.807, 2.05) is 18.2 Å². The van der Waals surface area contributed by atoms with Crippen LogP contribution in [0.2, 0.25) is 5.02 Å². The topological polar surface area (TPSA) is 17.1 Å². The summed E-state index contributed by atoms with van der Waals surface area (Å²) in [4.78, 5) is 12.6. The van der Waals surface area contributed by atoms with Crippen LogP contribution in [0.15, 0.2) is 42.5 Å². The molecule has 1 aliphatic carbocycles. The molecule has 0 radical (unpaired) electrons. The molecule has 0 heterocycles. The molecule has 2 aromatic carbocycles. The van der Waals surface area contributed by atoms with E-state index in [-0.39, 0.29) is 16.7 Å². The van der Waals surface area contributed by atoms with Crippen LogP contribution in [0.25, 0.3) is 0 Å². The third kappa shape index (κ3) is 2.36. The van der Waals surface area contributed by atoms with Gasteiger partial charge in [-0.1, -0.05) is 35.9 Å². The highest BCUT2D eigenvalue weighted by Crippen LogP contribution is 2.34. The van der Waals surface area contributed by atoms with Crippen molar-refractivity contribution >= 4 is 17.4 Å². The number of hydrogen-bond donors (Lipinski definition) is 0. The Morgan fingerprint density at radius 2 is 2.00 bits per heavy atom. The largest absolute Gasteiger partial charge is 0.293 e. The molecule has 0 aromatic heterocycles. The number of hydrogen-bond acceptors (Lipinski definition) is 1. The monoisotopic (exact) mass is 288 g/mol. The summed E-state index contributed by atoms with van der Waals surface area (Å²) in [6.07, 6.45) is 2.86. The highest BCUT2D eigenvalue weighted by molar-refractivity contribution is 6.31. The van der Waals surface area contributed by atoms with Gasteiger partial charge in [0, 0.05) is 11.5 Å². The van der Waals surface area contributed by atoms with Crippen LogP contribution in [0, 0.1) is 5.82 Å². The lowest BCUT2D eigenvalue weighted by Crippen LogP contribution is -2.18. The molecule has 20 heavy (non-hydrogen) atoms. The molecule has 0 bridgehead atoms. The smallest absolute Gasteiger partial charge is 0.170 e. The van der Waals surface area contributed by atoms with Crippen molar-refractivity contribution in [2.75, 3.05) is 0 Å². The lowest BCUT2D eigenvalue weighted by Gasteiger charge is -2.24. The van der Waals surface area contributed by atoms with Crippen molar-refractivity contribution in [3.8, 4) is 0 Å². The first-order valence-electron chi connectivity index (χ1n) is 6.74. The van der Waals surface area contributed by atoms with Crippen LogP contribution in [-0.2, 0) is 6.42 Å². The minimum atomic E-state index is -0.493. The van der Waals surface area contributed by atoms with E-state index in [0.29, 0.717) is 5.56 Å².